The SMILES string of the molecule is O=C(Cc1ccc([N+](=O)[O-])cc1)c1ccncc1. The fourth-order valence-electron chi connectivity index (χ4n) is 1.56. The van der Waals surface area contributed by atoms with Crippen LogP contribution in [0.3, 0.4) is 0 Å². The van der Waals surface area contributed by atoms with Crippen LogP contribution in [0, 0.1) is 10.1 Å². The van der Waals surface area contributed by atoms with Crippen molar-refractivity contribution in [2.45, 2.75) is 6.42 Å². The number of non-ortho nitro benzene ring substituents is 1. The first kappa shape index (κ1) is 11.9. The number of nitrogens with zero attached hydrogens (tertiary/aromatic N) is 2. The van der Waals surface area contributed by atoms with Gasteiger partial charge < -0.3 is 0 Å². The summed E-state index contributed by atoms with van der Waals surface area (Å²) in [6.45, 7) is 0. The average Bonchev–Trinajstić information content (AvgIpc) is 2.40. The van der Waals surface area contributed by atoms with Crippen LogP contribution in [0.4, 0.5) is 5.69 Å². The molecule has 18 heavy (non-hydrogen) atoms. The fourth-order valence-corrected chi connectivity index (χ4v) is 1.56. The number of aromatic nitrogens is 1. The van der Waals surface area contributed by atoms with Crippen LogP contribution < -0.4 is 0 Å². The number of rotatable bonds is 4. The van der Waals surface area contributed by atoms with E-state index in [2.05, 4.69) is 4.98 Å². The summed E-state index contributed by atoms with van der Waals surface area (Å²) >= 11 is 0. The molecule has 0 aliphatic heterocycles. The van der Waals surface area contributed by atoms with Crippen molar-refractivity contribution >= 4 is 11.5 Å². The van der Waals surface area contributed by atoms with E-state index in [1.54, 1.807) is 36.7 Å². The molecule has 0 unspecified atom stereocenters. The van der Waals surface area contributed by atoms with Gasteiger partial charge in [-0.3, -0.25) is 19.9 Å². The van der Waals surface area contributed by atoms with Crippen molar-refractivity contribution in [2.75, 3.05) is 0 Å². The van der Waals surface area contributed by atoms with E-state index in [9.17, 15) is 14.9 Å². The highest BCUT2D eigenvalue weighted by molar-refractivity contribution is 5.97. The van der Waals surface area contributed by atoms with Crippen LogP contribution in [0.15, 0.2) is 48.8 Å². The van der Waals surface area contributed by atoms with Crippen molar-refractivity contribution in [1.82, 2.24) is 4.98 Å². The van der Waals surface area contributed by atoms with Gasteiger partial charge in [0.05, 0.1) is 4.92 Å². The Labute approximate surface area is 103 Å². The smallest absolute Gasteiger partial charge is 0.269 e. The van der Waals surface area contributed by atoms with Gasteiger partial charge in [0.1, 0.15) is 0 Å². The molecule has 0 radical (unpaired) electrons. The number of benzene rings is 1. The molecule has 0 bridgehead atoms. The lowest BCUT2D eigenvalue weighted by Crippen LogP contribution is -2.03. The Morgan fingerprint density at radius 2 is 1.72 bits per heavy atom. The largest absolute Gasteiger partial charge is 0.294 e. The second-order valence-corrected chi connectivity index (χ2v) is 3.76. The van der Waals surface area contributed by atoms with Gasteiger partial charge >= 0.3 is 0 Å². The van der Waals surface area contributed by atoms with Gasteiger partial charge in [0.15, 0.2) is 5.78 Å². The van der Waals surface area contributed by atoms with Crippen molar-refractivity contribution < 1.29 is 9.72 Å². The van der Waals surface area contributed by atoms with Crippen LogP contribution in [-0.2, 0) is 6.42 Å². The molecule has 0 N–H and O–H groups in total. The number of ketones is 1. The zero-order chi connectivity index (χ0) is 13.0. The normalized spacial score (nSPS) is 10.0. The van der Waals surface area contributed by atoms with Gasteiger partial charge in [-0.1, -0.05) is 12.1 Å². The average molecular weight is 242 g/mol. The number of nitro groups is 1. The Bertz CT molecular complexity index is 565. The lowest BCUT2D eigenvalue weighted by atomic mass is 10.0. The van der Waals surface area contributed by atoms with E-state index in [-0.39, 0.29) is 17.9 Å². The molecule has 0 spiro atoms. The third kappa shape index (κ3) is 2.76. The molecule has 90 valence electrons. The standard InChI is InChI=1S/C13H10N2O3/c16-13(11-5-7-14-8-6-11)9-10-1-3-12(4-2-10)15(17)18/h1-8H,9H2. The molecule has 1 aromatic heterocycles. The first-order valence-electron chi connectivity index (χ1n) is 5.33. The van der Waals surface area contributed by atoms with Crippen molar-refractivity contribution in [1.29, 1.82) is 0 Å². The molecule has 5 heteroatoms. The summed E-state index contributed by atoms with van der Waals surface area (Å²) in [6, 6.07) is 9.28. The van der Waals surface area contributed by atoms with Crippen molar-refractivity contribution in [2.24, 2.45) is 0 Å². The Morgan fingerprint density at radius 3 is 2.28 bits per heavy atom. The molecular weight excluding hydrogens is 232 g/mol. The highest BCUT2D eigenvalue weighted by atomic mass is 16.6. The minimum atomic E-state index is -0.464. The molecule has 2 rings (SSSR count). The summed E-state index contributed by atoms with van der Waals surface area (Å²) in [7, 11) is 0. The number of carbonyl (C=O) groups is 1. The molecule has 1 aromatic carbocycles. The van der Waals surface area contributed by atoms with E-state index in [1.165, 1.54) is 12.1 Å². The maximum absolute atomic E-state index is 11.9. The van der Waals surface area contributed by atoms with Gasteiger partial charge in [-0.2, -0.15) is 0 Å². The Hall–Kier alpha value is -2.56. The molecule has 0 aliphatic rings. The Balaban J connectivity index is 2.10. The fraction of sp³-hybridized carbons (Fsp3) is 0.0769. The molecule has 5 nitrogen and oxygen atoms in total. The van der Waals surface area contributed by atoms with Crippen molar-refractivity contribution in [3.63, 3.8) is 0 Å². The van der Waals surface area contributed by atoms with Gasteiger partial charge in [-0.15, -0.1) is 0 Å². The lowest BCUT2D eigenvalue weighted by molar-refractivity contribution is -0.384. The minimum Gasteiger partial charge on any atom is -0.294 e. The maximum atomic E-state index is 11.9. The highest BCUT2D eigenvalue weighted by Crippen LogP contribution is 2.13. The van der Waals surface area contributed by atoms with E-state index < -0.39 is 4.92 Å². The van der Waals surface area contributed by atoms with Crippen LogP contribution in [0.2, 0.25) is 0 Å². The Kier molecular flexibility index (Phi) is 3.43. The van der Waals surface area contributed by atoms with Crippen LogP contribution >= 0.6 is 0 Å². The van der Waals surface area contributed by atoms with Gasteiger partial charge in [0.2, 0.25) is 0 Å². The second-order valence-electron chi connectivity index (χ2n) is 3.76. The molecule has 0 saturated carbocycles. The van der Waals surface area contributed by atoms with E-state index >= 15 is 0 Å². The first-order valence-corrected chi connectivity index (χ1v) is 5.33. The topological polar surface area (TPSA) is 73.1 Å². The second kappa shape index (κ2) is 5.18. The van der Waals surface area contributed by atoms with Crippen molar-refractivity contribution in [3.8, 4) is 0 Å². The summed E-state index contributed by atoms with van der Waals surface area (Å²) in [5.74, 6) is -0.0359. The Morgan fingerprint density at radius 1 is 1.11 bits per heavy atom. The molecule has 0 atom stereocenters. The third-order valence-electron chi connectivity index (χ3n) is 2.51. The van der Waals surface area contributed by atoms with E-state index in [4.69, 9.17) is 0 Å². The summed E-state index contributed by atoms with van der Waals surface area (Å²) < 4.78 is 0. The summed E-state index contributed by atoms with van der Waals surface area (Å²) in [5, 5.41) is 10.5. The van der Waals surface area contributed by atoms with Gasteiger partial charge in [-0.05, 0) is 17.7 Å². The summed E-state index contributed by atoms with van der Waals surface area (Å²) in [5.41, 5.74) is 1.36. The molecule has 0 aliphatic carbocycles. The third-order valence-corrected chi connectivity index (χ3v) is 2.51. The predicted octanol–water partition coefficient (Wildman–Crippen LogP) is 2.42. The van der Waals surface area contributed by atoms with Crippen LogP contribution in [-0.4, -0.2) is 15.7 Å². The number of hydrogen-bond acceptors (Lipinski definition) is 4. The summed E-state index contributed by atoms with van der Waals surface area (Å²) in [4.78, 5) is 25.7. The molecule has 0 amide bonds. The number of carbonyl (C=O) groups excluding carboxylic acids is 1. The van der Waals surface area contributed by atoms with E-state index in [0.717, 1.165) is 5.56 Å². The molecule has 1 heterocycles. The maximum Gasteiger partial charge on any atom is 0.269 e. The minimum absolute atomic E-state index is 0.0233. The number of pyridine rings is 1. The summed E-state index contributed by atoms with van der Waals surface area (Å²) in [6.07, 6.45) is 3.34. The molecule has 0 saturated heterocycles. The molecule has 2 aromatic rings. The molecular formula is C13H10N2O3. The van der Waals surface area contributed by atoms with Crippen molar-refractivity contribution in [3.05, 3.63) is 70.0 Å². The number of Topliss-reactive ketones (excluding diaryl/α,β-unsaturated/α-hetero) is 1. The van der Waals surface area contributed by atoms with Crippen LogP contribution in [0.25, 0.3) is 0 Å². The number of hydrogen-bond donors (Lipinski definition) is 0. The van der Waals surface area contributed by atoms with Gasteiger partial charge in [0, 0.05) is 36.5 Å². The highest BCUT2D eigenvalue weighted by Gasteiger charge is 2.08. The predicted molar refractivity (Wildman–Crippen MR) is 65.4 cm³/mol. The quantitative estimate of drug-likeness (QED) is 0.469. The van der Waals surface area contributed by atoms with Crippen LogP contribution in [0.1, 0.15) is 15.9 Å². The van der Waals surface area contributed by atoms with Gasteiger partial charge in [0.25, 0.3) is 5.69 Å². The van der Waals surface area contributed by atoms with Crippen LogP contribution in [0.5, 0.6) is 0 Å². The van der Waals surface area contributed by atoms with Gasteiger partial charge in [-0.25, -0.2) is 0 Å². The molecule has 0 fully saturated rings. The van der Waals surface area contributed by atoms with E-state index in [0.29, 0.717) is 5.56 Å². The first-order chi connectivity index (χ1) is 8.66. The zero-order valence-corrected chi connectivity index (χ0v) is 9.45. The zero-order valence-electron chi connectivity index (χ0n) is 9.45. The lowest BCUT2D eigenvalue weighted by Gasteiger charge is -2.01. The van der Waals surface area contributed by atoms with E-state index in [1.807, 2.05) is 0 Å². The monoisotopic (exact) mass is 242 g/mol. The number of nitro benzene ring substituents is 1.